The average Bonchev–Trinajstić information content (AvgIpc) is 3.63. The lowest BCUT2D eigenvalue weighted by Crippen LogP contribution is -2.25. The van der Waals surface area contributed by atoms with Gasteiger partial charge >= 0.3 is 0 Å². The van der Waals surface area contributed by atoms with Gasteiger partial charge in [-0.25, -0.2) is 0 Å². The van der Waals surface area contributed by atoms with Gasteiger partial charge in [0.25, 0.3) is 0 Å². The van der Waals surface area contributed by atoms with E-state index in [-0.39, 0.29) is 5.41 Å². The largest absolute Gasteiger partial charge is 0.456 e. The van der Waals surface area contributed by atoms with Gasteiger partial charge in [-0.15, -0.1) is 0 Å². The maximum atomic E-state index is 6.41. The maximum absolute atomic E-state index is 6.41. The van der Waals surface area contributed by atoms with Gasteiger partial charge in [-0.05, 0) is 95.9 Å². The van der Waals surface area contributed by atoms with E-state index in [9.17, 15) is 0 Å². The summed E-state index contributed by atoms with van der Waals surface area (Å²) in [4.78, 5) is 0. The van der Waals surface area contributed by atoms with Crippen LogP contribution in [0.5, 0.6) is 11.5 Å². The number of hydrogen-bond donors (Lipinski definition) is 0. The van der Waals surface area contributed by atoms with Crippen molar-refractivity contribution < 1.29 is 4.74 Å². The van der Waals surface area contributed by atoms with Gasteiger partial charge < -0.3 is 4.74 Å². The molecule has 0 saturated heterocycles. The first-order valence-electron chi connectivity index (χ1n) is 16.7. The molecule has 11 rings (SSSR count). The molecule has 1 heteroatoms. The van der Waals surface area contributed by atoms with Crippen molar-refractivity contribution in [2.24, 2.45) is 0 Å². The maximum Gasteiger partial charge on any atom is 0.135 e. The van der Waals surface area contributed by atoms with Gasteiger partial charge in [0, 0.05) is 10.9 Å². The van der Waals surface area contributed by atoms with Crippen molar-refractivity contribution in [2.75, 3.05) is 0 Å². The zero-order chi connectivity index (χ0) is 31.4. The van der Waals surface area contributed by atoms with Crippen LogP contribution in [0.25, 0.3) is 66.4 Å². The van der Waals surface area contributed by atoms with Crippen LogP contribution in [0, 0.1) is 0 Å². The first-order chi connectivity index (χ1) is 23.8. The van der Waals surface area contributed by atoms with Crippen molar-refractivity contribution in [3.63, 3.8) is 0 Å². The Morgan fingerprint density at radius 2 is 0.875 bits per heavy atom. The van der Waals surface area contributed by atoms with Crippen LogP contribution in [0.3, 0.4) is 0 Å². The molecule has 1 aliphatic heterocycles. The highest BCUT2D eigenvalue weighted by atomic mass is 16.5. The van der Waals surface area contributed by atoms with Crippen LogP contribution in [0.1, 0.15) is 22.3 Å². The van der Waals surface area contributed by atoms with Gasteiger partial charge in [0.2, 0.25) is 0 Å². The third-order valence-electron chi connectivity index (χ3n) is 10.9. The summed E-state index contributed by atoms with van der Waals surface area (Å²) in [5.41, 5.74) is 17.7. The lowest BCUT2D eigenvalue weighted by atomic mass is 9.70. The quantitative estimate of drug-likeness (QED) is 0.190. The van der Waals surface area contributed by atoms with Gasteiger partial charge in [-0.3, -0.25) is 0 Å². The lowest BCUT2D eigenvalue weighted by Gasteiger charge is -2.30. The molecule has 0 atom stereocenters. The van der Waals surface area contributed by atoms with Crippen molar-refractivity contribution in [1.29, 1.82) is 0 Å². The number of benzene rings is 8. The Kier molecular flexibility index (Phi) is 5.10. The summed E-state index contributed by atoms with van der Waals surface area (Å²) in [5, 5.41) is 2.38. The molecule has 1 nitrogen and oxygen atoms in total. The minimum atomic E-state index is -0.348. The summed E-state index contributed by atoms with van der Waals surface area (Å²) >= 11 is 0. The molecule has 0 bridgehead atoms. The Hall–Kier alpha value is -6.18. The molecule has 0 fully saturated rings. The van der Waals surface area contributed by atoms with Gasteiger partial charge in [-0.1, -0.05) is 152 Å². The van der Waals surface area contributed by atoms with Crippen LogP contribution in [-0.4, -0.2) is 0 Å². The standard InChI is InChI=1S/C47H28O/c1-5-21-39-33(14-1)34-15-2-6-22-40(34)47(39)41-23-7-3-17-38(41)45-32(18-11-24-42(45)47)30-13-9-12-29(28-30)31-26-27-44-46-36(31)19-10-20-37(46)35-16-4-8-25-43(35)48-44/h1-28H. The first-order valence-corrected chi connectivity index (χ1v) is 16.7. The molecular weight excluding hydrogens is 581 g/mol. The van der Waals surface area contributed by atoms with Crippen molar-refractivity contribution >= 4 is 10.8 Å². The Bertz CT molecular complexity index is 2610. The van der Waals surface area contributed by atoms with Crippen molar-refractivity contribution in [3.05, 3.63) is 192 Å². The molecule has 3 aliphatic rings. The summed E-state index contributed by atoms with van der Waals surface area (Å²) in [7, 11) is 0. The summed E-state index contributed by atoms with van der Waals surface area (Å²) in [6.07, 6.45) is 0. The first kappa shape index (κ1) is 25.9. The highest BCUT2D eigenvalue weighted by Gasteiger charge is 2.51. The summed E-state index contributed by atoms with van der Waals surface area (Å²) in [5.74, 6) is 1.83. The Labute approximate surface area is 279 Å². The summed E-state index contributed by atoms with van der Waals surface area (Å²) in [6, 6.07) is 62.4. The Morgan fingerprint density at radius 1 is 0.333 bits per heavy atom. The fourth-order valence-corrected chi connectivity index (χ4v) is 9.07. The molecule has 1 heterocycles. The van der Waals surface area contributed by atoms with Gasteiger partial charge in [0.15, 0.2) is 0 Å². The van der Waals surface area contributed by atoms with Crippen LogP contribution in [-0.2, 0) is 5.41 Å². The third kappa shape index (κ3) is 3.21. The van der Waals surface area contributed by atoms with E-state index in [1.807, 2.05) is 6.07 Å². The van der Waals surface area contributed by atoms with Crippen LogP contribution in [0.2, 0.25) is 0 Å². The number of para-hydroxylation sites is 1. The van der Waals surface area contributed by atoms with Crippen LogP contribution >= 0.6 is 0 Å². The molecule has 0 N–H and O–H groups in total. The van der Waals surface area contributed by atoms with Gasteiger partial charge in [-0.2, -0.15) is 0 Å². The predicted molar refractivity (Wildman–Crippen MR) is 197 cm³/mol. The molecule has 48 heavy (non-hydrogen) atoms. The highest BCUT2D eigenvalue weighted by molar-refractivity contribution is 6.10. The van der Waals surface area contributed by atoms with E-state index in [0.29, 0.717) is 0 Å². The van der Waals surface area contributed by atoms with Crippen LogP contribution < -0.4 is 4.74 Å². The van der Waals surface area contributed by atoms with E-state index in [1.54, 1.807) is 0 Å². The number of fused-ring (bicyclic) bond motifs is 12. The topological polar surface area (TPSA) is 9.23 Å². The molecule has 2 aliphatic carbocycles. The predicted octanol–water partition coefficient (Wildman–Crippen LogP) is 12.3. The molecule has 0 amide bonds. The van der Waals surface area contributed by atoms with E-state index in [1.165, 1.54) is 83.1 Å². The summed E-state index contributed by atoms with van der Waals surface area (Å²) < 4.78 is 6.41. The van der Waals surface area contributed by atoms with E-state index in [4.69, 9.17) is 4.74 Å². The minimum Gasteiger partial charge on any atom is -0.456 e. The van der Waals surface area contributed by atoms with Crippen molar-refractivity contribution in [1.82, 2.24) is 0 Å². The number of rotatable bonds is 2. The molecule has 222 valence electrons. The Morgan fingerprint density at radius 3 is 1.65 bits per heavy atom. The van der Waals surface area contributed by atoms with E-state index in [0.717, 1.165) is 17.1 Å². The minimum absolute atomic E-state index is 0.348. The molecule has 8 aromatic rings. The summed E-state index contributed by atoms with van der Waals surface area (Å²) in [6.45, 7) is 0. The molecule has 0 radical (unpaired) electrons. The average molecular weight is 609 g/mol. The zero-order valence-corrected chi connectivity index (χ0v) is 26.1. The third-order valence-corrected chi connectivity index (χ3v) is 10.9. The van der Waals surface area contributed by atoms with Crippen molar-refractivity contribution in [3.8, 4) is 67.1 Å². The Balaban J connectivity index is 1.14. The fraction of sp³-hybridized carbons (Fsp3) is 0.0213. The second kappa shape index (κ2) is 9.44. The molecule has 0 saturated carbocycles. The molecule has 8 aromatic carbocycles. The van der Waals surface area contributed by atoms with Gasteiger partial charge in [0.1, 0.15) is 11.5 Å². The molecule has 0 aromatic heterocycles. The highest BCUT2D eigenvalue weighted by Crippen LogP contribution is 2.64. The zero-order valence-electron chi connectivity index (χ0n) is 26.1. The molecule has 0 unspecified atom stereocenters. The van der Waals surface area contributed by atoms with Gasteiger partial charge in [0.05, 0.1) is 5.41 Å². The normalized spacial score (nSPS) is 13.8. The van der Waals surface area contributed by atoms with E-state index in [2.05, 4.69) is 164 Å². The monoisotopic (exact) mass is 608 g/mol. The lowest BCUT2D eigenvalue weighted by molar-refractivity contribution is 0.487. The second-order valence-corrected chi connectivity index (χ2v) is 13.1. The molecular formula is C47H28O. The van der Waals surface area contributed by atoms with E-state index < -0.39 is 0 Å². The molecule has 1 spiro atoms. The SMILES string of the molecule is c1cc(-c2cccc3c2-c2ccccc2C32c3ccccc3-c3ccccc32)cc(-c2ccc3c4c(cccc24)-c2ccccc2O3)c1. The number of ether oxygens (including phenoxy) is 1. The van der Waals surface area contributed by atoms with Crippen LogP contribution in [0.15, 0.2) is 170 Å². The van der Waals surface area contributed by atoms with E-state index >= 15 is 0 Å². The smallest absolute Gasteiger partial charge is 0.135 e. The van der Waals surface area contributed by atoms with Crippen LogP contribution in [0.4, 0.5) is 0 Å². The second-order valence-electron chi connectivity index (χ2n) is 13.1. The fourth-order valence-electron chi connectivity index (χ4n) is 9.07. The number of hydrogen-bond acceptors (Lipinski definition) is 1. The van der Waals surface area contributed by atoms with Crippen molar-refractivity contribution in [2.45, 2.75) is 5.41 Å².